The molecule has 0 fully saturated rings. The van der Waals surface area contributed by atoms with E-state index < -0.39 is 17.7 Å². The number of carbonyl (C=O) groups excluding carboxylic acids is 3. The van der Waals surface area contributed by atoms with Crippen LogP contribution >= 0.6 is 11.6 Å². The molecule has 8 nitrogen and oxygen atoms in total. The SMILES string of the molecule is C=CCNC(=O)C(=O)N/N=C\c1cc(Cl)ccc1OCC(N)=O. The molecule has 0 saturated carbocycles. The molecule has 0 bridgehead atoms. The number of nitrogens with one attached hydrogen (secondary N) is 2. The van der Waals surface area contributed by atoms with Crippen molar-refractivity contribution >= 4 is 35.5 Å². The molecule has 0 saturated heterocycles. The molecule has 0 aliphatic heterocycles. The van der Waals surface area contributed by atoms with Gasteiger partial charge in [-0.15, -0.1) is 6.58 Å². The van der Waals surface area contributed by atoms with Crippen LogP contribution in [0.3, 0.4) is 0 Å². The van der Waals surface area contributed by atoms with E-state index >= 15 is 0 Å². The van der Waals surface area contributed by atoms with Crippen LogP contribution in [0.1, 0.15) is 5.56 Å². The second-order valence-corrected chi connectivity index (χ2v) is 4.57. The molecular weight excluding hydrogens is 324 g/mol. The minimum absolute atomic E-state index is 0.162. The third-order valence-corrected chi connectivity index (χ3v) is 2.56. The van der Waals surface area contributed by atoms with E-state index in [1.165, 1.54) is 24.4 Å². The number of carbonyl (C=O) groups is 3. The third-order valence-electron chi connectivity index (χ3n) is 2.32. The predicted octanol–water partition coefficient (Wildman–Crippen LogP) is -0.0436. The number of nitrogens with two attached hydrogens (primary N) is 1. The lowest BCUT2D eigenvalue weighted by molar-refractivity contribution is -0.139. The fraction of sp³-hybridized carbons (Fsp3) is 0.143. The van der Waals surface area contributed by atoms with Crippen molar-refractivity contribution in [2.75, 3.05) is 13.2 Å². The Balaban J connectivity index is 2.72. The fourth-order valence-corrected chi connectivity index (χ4v) is 1.54. The molecule has 0 atom stereocenters. The molecule has 9 heteroatoms. The summed E-state index contributed by atoms with van der Waals surface area (Å²) in [4.78, 5) is 33.5. The minimum atomic E-state index is -0.940. The van der Waals surface area contributed by atoms with Crippen LogP contribution in [0.25, 0.3) is 0 Å². The molecule has 0 unspecified atom stereocenters. The van der Waals surface area contributed by atoms with Crippen LogP contribution in [0, 0.1) is 0 Å². The largest absolute Gasteiger partial charge is 0.483 e. The molecule has 122 valence electrons. The van der Waals surface area contributed by atoms with Crippen LogP contribution in [0.2, 0.25) is 5.02 Å². The Morgan fingerprint density at radius 2 is 2.09 bits per heavy atom. The van der Waals surface area contributed by atoms with Crippen molar-refractivity contribution in [1.82, 2.24) is 10.7 Å². The van der Waals surface area contributed by atoms with E-state index in [0.717, 1.165) is 0 Å². The number of halogens is 1. The zero-order valence-corrected chi connectivity index (χ0v) is 12.8. The molecule has 4 N–H and O–H groups in total. The van der Waals surface area contributed by atoms with E-state index in [-0.39, 0.29) is 13.2 Å². The second-order valence-electron chi connectivity index (χ2n) is 4.13. The summed E-state index contributed by atoms with van der Waals surface area (Å²) in [5.41, 5.74) is 7.44. The molecule has 1 aromatic rings. The zero-order chi connectivity index (χ0) is 17.2. The quantitative estimate of drug-likeness (QED) is 0.279. The number of benzene rings is 1. The topological polar surface area (TPSA) is 123 Å². The van der Waals surface area contributed by atoms with Crippen LogP contribution in [0.4, 0.5) is 0 Å². The molecule has 0 radical (unpaired) electrons. The third kappa shape index (κ3) is 6.62. The van der Waals surface area contributed by atoms with Gasteiger partial charge in [0.2, 0.25) is 0 Å². The molecule has 0 spiro atoms. The Morgan fingerprint density at radius 3 is 2.74 bits per heavy atom. The van der Waals surface area contributed by atoms with E-state index in [1.54, 1.807) is 6.07 Å². The normalized spacial score (nSPS) is 10.1. The number of rotatable bonds is 7. The number of hydrogen-bond acceptors (Lipinski definition) is 5. The van der Waals surface area contributed by atoms with Gasteiger partial charge in [-0.3, -0.25) is 14.4 Å². The second kappa shape index (κ2) is 9.21. The molecule has 23 heavy (non-hydrogen) atoms. The molecule has 0 aliphatic carbocycles. The van der Waals surface area contributed by atoms with Crippen molar-refractivity contribution in [3.63, 3.8) is 0 Å². The number of ether oxygens (including phenoxy) is 1. The highest BCUT2D eigenvalue weighted by Crippen LogP contribution is 2.21. The monoisotopic (exact) mass is 338 g/mol. The van der Waals surface area contributed by atoms with Crippen LogP contribution < -0.4 is 21.2 Å². The maximum absolute atomic E-state index is 11.4. The molecule has 0 heterocycles. The summed E-state index contributed by atoms with van der Waals surface area (Å²) in [6, 6.07) is 4.58. The predicted molar refractivity (Wildman–Crippen MR) is 85.1 cm³/mol. The van der Waals surface area contributed by atoms with E-state index in [9.17, 15) is 14.4 Å². The maximum Gasteiger partial charge on any atom is 0.329 e. The average Bonchev–Trinajstić information content (AvgIpc) is 2.51. The van der Waals surface area contributed by atoms with Crippen molar-refractivity contribution in [3.8, 4) is 5.75 Å². The fourth-order valence-electron chi connectivity index (χ4n) is 1.36. The molecule has 3 amide bonds. The highest BCUT2D eigenvalue weighted by atomic mass is 35.5. The summed E-state index contributed by atoms with van der Waals surface area (Å²) in [6.45, 7) is 3.25. The Kier molecular flexibility index (Phi) is 7.28. The lowest BCUT2D eigenvalue weighted by Gasteiger charge is -2.07. The van der Waals surface area contributed by atoms with Gasteiger partial charge in [-0.05, 0) is 18.2 Å². The van der Waals surface area contributed by atoms with Gasteiger partial charge in [-0.25, -0.2) is 5.43 Å². The lowest BCUT2D eigenvalue weighted by Crippen LogP contribution is -2.37. The van der Waals surface area contributed by atoms with Crippen LogP contribution in [0.15, 0.2) is 36.0 Å². The summed E-state index contributed by atoms with van der Waals surface area (Å²) in [6.07, 6.45) is 2.66. The van der Waals surface area contributed by atoms with E-state index in [1.807, 2.05) is 5.43 Å². The lowest BCUT2D eigenvalue weighted by atomic mass is 10.2. The number of primary amides is 1. The Morgan fingerprint density at radius 1 is 1.35 bits per heavy atom. The average molecular weight is 339 g/mol. The first-order valence-corrected chi connectivity index (χ1v) is 6.74. The number of amides is 3. The summed E-state index contributed by atoms with van der Waals surface area (Å²) < 4.78 is 5.18. The van der Waals surface area contributed by atoms with Crippen LogP contribution in [-0.4, -0.2) is 37.1 Å². The van der Waals surface area contributed by atoms with Gasteiger partial charge in [-0.1, -0.05) is 17.7 Å². The van der Waals surface area contributed by atoms with Gasteiger partial charge in [0.1, 0.15) is 5.75 Å². The standard InChI is InChI=1S/C14H15ClN4O4/c1-2-5-17-13(21)14(22)19-18-7-9-6-10(15)3-4-11(9)23-8-12(16)20/h2-4,6-7H,1,5,8H2,(H2,16,20)(H,17,21)(H,19,22)/b18-7-. The molecule has 0 aliphatic rings. The Bertz CT molecular complexity index is 646. The smallest absolute Gasteiger partial charge is 0.329 e. The molecule has 0 aromatic heterocycles. The van der Waals surface area contributed by atoms with Crippen LogP contribution in [-0.2, 0) is 14.4 Å². The van der Waals surface area contributed by atoms with Gasteiger partial charge in [0, 0.05) is 17.1 Å². The first-order chi connectivity index (χ1) is 10.9. The van der Waals surface area contributed by atoms with Gasteiger partial charge >= 0.3 is 11.8 Å². The summed E-state index contributed by atoms with van der Waals surface area (Å²) in [5, 5.41) is 6.32. The number of hydrogen-bond donors (Lipinski definition) is 3. The van der Waals surface area contributed by atoms with Gasteiger partial charge in [0.05, 0.1) is 6.21 Å². The van der Waals surface area contributed by atoms with E-state index in [4.69, 9.17) is 22.1 Å². The highest BCUT2D eigenvalue weighted by molar-refractivity contribution is 6.35. The summed E-state index contributed by atoms with van der Waals surface area (Å²) in [7, 11) is 0. The molecule has 1 aromatic carbocycles. The van der Waals surface area contributed by atoms with Crippen LogP contribution in [0.5, 0.6) is 5.75 Å². The molecule has 1 rings (SSSR count). The van der Waals surface area contributed by atoms with E-state index in [2.05, 4.69) is 17.0 Å². The van der Waals surface area contributed by atoms with Gasteiger partial charge in [0.25, 0.3) is 5.91 Å². The number of nitrogens with zero attached hydrogens (tertiary/aromatic N) is 1. The van der Waals surface area contributed by atoms with Gasteiger partial charge in [-0.2, -0.15) is 5.10 Å². The van der Waals surface area contributed by atoms with Gasteiger partial charge in [0.15, 0.2) is 6.61 Å². The van der Waals surface area contributed by atoms with E-state index in [0.29, 0.717) is 16.3 Å². The highest BCUT2D eigenvalue weighted by Gasteiger charge is 2.11. The van der Waals surface area contributed by atoms with Crippen molar-refractivity contribution < 1.29 is 19.1 Å². The summed E-state index contributed by atoms with van der Waals surface area (Å²) >= 11 is 5.86. The molecular formula is C14H15ClN4O4. The first-order valence-electron chi connectivity index (χ1n) is 6.36. The van der Waals surface area contributed by atoms with Crippen molar-refractivity contribution in [3.05, 3.63) is 41.4 Å². The first kappa shape index (κ1) is 18.2. The summed E-state index contributed by atoms with van der Waals surface area (Å²) in [5.74, 6) is -2.14. The van der Waals surface area contributed by atoms with Gasteiger partial charge < -0.3 is 15.8 Å². The van der Waals surface area contributed by atoms with Crippen molar-refractivity contribution in [1.29, 1.82) is 0 Å². The minimum Gasteiger partial charge on any atom is -0.483 e. The maximum atomic E-state index is 11.4. The zero-order valence-electron chi connectivity index (χ0n) is 12.0. The van der Waals surface area contributed by atoms with Crippen molar-refractivity contribution in [2.24, 2.45) is 10.8 Å². The van der Waals surface area contributed by atoms with Crippen molar-refractivity contribution in [2.45, 2.75) is 0 Å². The Hall–Kier alpha value is -2.87. The number of hydrazone groups is 1. The Labute approximate surface area is 137 Å².